The van der Waals surface area contributed by atoms with Gasteiger partial charge in [0.05, 0.1) is 49.3 Å². The van der Waals surface area contributed by atoms with Crippen LogP contribution < -0.4 is 76.9 Å². The number of nitrogens with one attached hydrogen (secondary N) is 8. The minimum atomic E-state index is -2.75. The third-order valence-electron chi connectivity index (χ3n) is 12.4. The lowest BCUT2D eigenvalue weighted by atomic mass is 9.91. The van der Waals surface area contributed by atoms with E-state index in [1.807, 2.05) is 31.9 Å². The second-order valence-electron chi connectivity index (χ2n) is 20.7. The number of aliphatic carboxylic acids is 1. The molecule has 0 aliphatic heterocycles. The van der Waals surface area contributed by atoms with Crippen molar-refractivity contribution in [2.45, 2.75) is 159 Å². The maximum absolute atomic E-state index is 14.8. The van der Waals surface area contributed by atoms with Gasteiger partial charge in [0.25, 0.3) is 35.4 Å². The molecule has 22 N–H and O–H groups in total. The maximum atomic E-state index is 14.8. The number of carboxylic acid groups (broad SMARTS) is 1. The molecule has 0 aliphatic rings. The van der Waals surface area contributed by atoms with Crippen LogP contribution in [0.15, 0.2) is 43.0 Å². The van der Waals surface area contributed by atoms with Crippen LogP contribution in [-0.4, -0.2) is 190 Å². The maximum Gasteiger partial charge on any atom is 0.409 e. The molecule has 0 bridgehead atoms. The molecule has 1 rings (SSSR count). The highest BCUT2D eigenvalue weighted by molar-refractivity contribution is 6.19. The standard InChI is InChI=1S/C52H80N14O18/c1-9-18-59-45(77)37(42(75)32(57)23(3)4)63-46(78)34(39(72)27(53)16-17-30(56)69)61-49(81)38(43(76)33(58)24(5)10-2)64-47(79)35(40(73)28(54)19-25-14-12-11-13-15-25)62-48(80)36(41(74)29(55)20-31(70)71)65-50(82)44(60-26(21-67)22-68)66-51(83)84-52(6,7)8/h9,11-15,21,23-24,26-29,32-38,44,60,68H,1,10,16-20,22,53-55,57-58H2,2-8H3,(H2,56,69)(H,59,77)(H,61,81)(H,62,80)(H,63,78)(H,64,79)(H,65,82)(H,66,83)(H,70,71)/t24-,26+,27-,28-,29-,32-,33?,34?,35?,36-,37-,38-,44?/m0/s1. The molecule has 0 fully saturated rings. The number of aldehydes is 1. The molecule has 1 aromatic rings. The predicted molar refractivity (Wildman–Crippen MR) is 296 cm³/mol. The third kappa shape index (κ3) is 23.9. The molecule has 0 radical (unpaired) electrons. The second kappa shape index (κ2) is 35.0. The average molecular weight is 1190 g/mol. The van der Waals surface area contributed by atoms with Crippen molar-refractivity contribution in [2.75, 3.05) is 13.2 Å². The molecule has 4 unspecified atom stereocenters. The first-order valence-electron chi connectivity index (χ1n) is 26.3. The van der Waals surface area contributed by atoms with Crippen LogP contribution in [0.5, 0.6) is 0 Å². The smallest absolute Gasteiger partial charge is 0.409 e. The molecular weight excluding hydrogens is 1110 g/mol. The molecule has 32 heteroatoms. The van der Waals surface area contributed by atoms with Crippen molar-refractivity contribution in [2.24, 2.45) is 46.2 Å². The Morgan fingerprint density at radius 2 is 1.07 bits per heavy atom. The summed E-state index contributed by atoms with van der Waals surface area (Å²) in [5, 5.41) is 35.6. The van der Waals surface area contributed by atoms with E-state index in [1.165, 1.54) is 59.8 Å². The van der Waals surface area contributed by atoms with Crippen molar-refractivity contribution in [1.29, 1.82) is 0 Å². The van der Waals surface area contributed by atoms with Gasteiger partial charge in [-0.3, -0.25) is 73.0 Å². The van der Waals surface area contributed by atoms with Gasteiger partial charge in [0.1, 0.15) is 11.9 Å². The quantitative estimate of drug-likeness (QED) is 0.0127. The van der Waals surface area contributed by atoms with Crippen molar-refractivity contribution in [3.05, 3.63) is 48.6 Å². The van der Waals surface area contributed by atoms with E-state index in [-0.39, 0.29) is 19.3 Å². The van der Waals surface area contributed by atoms with E-state index in [0.29, 0.717) is 5.56 Å². The minimum absolute atomic E-state index is 0.0977. The number of alkyl carbamates (subject to hydrolysis) is 1. The van der Waals surface area contributed by atoms with E-state index in [2.05, 4.69) is 17.2 Å². The van der Waals surface area contributed by atoms with Gasteiger partial charge in [-0.1, -0.05) is 70.5 Å². The number of hydrogen-bond acceptors (Lipinski definition) is 23. The molecule has 0 aliphatic carbocycles. The highest BCUT2D eigenvalue weighted by Gasteiger charge is 2.45. The van der Waals surface area contributed by atoms with Gasteiger partial charge in [0, 0.05) is 13.0 Å². The zero-order chi connectivity index (χ0) is 64.5. The third-order valence-corrected chi connectivity index (χ3v) is 12.4. The SMILES string of the molecule is C=CCNC(=O)[C@@H](NC(=O)C(NC(=O)[C@@H](NC(=O)C(NC(=O)[C@@H](NC(=O)C(NC(=O)OC(C)(C)C)N[C@H](C=O)CO)C(=O)[C@@H](N)CC(=O)O)C(=O)[C@@H](N)Cc1ccccc1)C(=O)C(N)[C@@H](C)CC)C(=O)[C@@H](N)CCC(N)=O)C(=O)[C@@H](N)C(C)C. The number of rotatable bonds is 38. The number of carboxylic acids is 1. The topological polar surface area (TPSA) is 558 Å². The van der Waals surface area contributed by atoms with Crippen LogP contribution in [0.25, 0.3) is 0 Å². The van der Waals surface area contributed by atoms with Gasteiger partial charge in [-0.05, 0) is 51.0 Å². The van der Waals surface area contributed by atoms with Crippen LogP contribution in [0.3, 0.4) is 0 Å². The Bertz CT molecular complexity index is 2580. The summed E-state index contributed by atoms with van der Waals surface area (Å²) in [6.07, 6.45) is -4.83. The largest absolute Gasteiger partial charge is 0.481 e. The Labute approximate surface area is 483 Å². The zero-order valence-corrected chi connectivity index (χ0v) is 47.7. The molecule has 1 aromatic carbocycles. The Morgan fingerprint density at radius 1 is 0.631 bits per heavy atom. The van der Waals surface area contributed by atoms with Crippen LogP contribution in [0.2, 0.25) is 0 Å². The highest BCUT2D eigenvalue weighted by atomic mass is 16.6. The number of aliphatic hydroxyl groups excluding tert-OH is 1. The Balaban J connectivity index is 4.29. The van der Waals surface area contributed by atoms with Crippen LogP contribution >= 0.6 is 0 Å². The highest BCUT2D eigenvalue weighted by Crippen LogP contribution is 2.13. The van der Waals surface area contributed by atoms with Gasteiger partial charge < -0.3 is 86.0 Å². The summed E-state index contributed by atoms with van der Waals surface area (Å²) in [6, 6.07) is -15.9. The second-order valence-corrected chi connectivity index (χ2v) is 20.7. The number of carbonyl (C=O) groups is 15. The van der Waals surface area contributed by atoms with Gasteiger partial charge in [0.2, 0.25) is 5.91 Å². The fraction of sp³-hybridized carbons (Fsp3) is 0.558. The number of benzene rings is 1. The average Bonchev–Trinajstić information content (AvgIpc) is 3.63. The fourth-order valence-electron chi connectivity index (χ4n) is 7.28. The zero-order valence-electron chi connectivity index (χ0n) is 47.7. The van der Waals surface area contributed by atoms with Crippen molar-refractivity contribution in [1.82, 2.24) is 42.5 Å². The normalized spacial score (nSPS) is 15.9. The van der Waals surface area contributed by atoms with E-state index >= 15 is 0 Å². The lowest BCUT2D eigenvalue weighted by Gasteiger charge is -2.30. The lowest BCUT2D eigenvalue weighted by Crippen LogP contribution is -2.68. The number of nitrogens with two attached hydrogens (primary N) is 6. The van der Waals surface area contributed by atoms with Gasteiger partial charge in [0.15, 0.2) is 65.3 Å². The number of carbonyl (C=O) groups excluding carboxylic acids is 14. The molecule has 84 heavy (non-hydrogen) atoms. The van der Waals surface area contributed by atoms with Gasteiger partial charge in [-0.2, -0.15) is 0 Å². The molecule has 0 saturated heterocycles. The molecule has 0 heterocycles. The van der Waals surface area contributed by atoms with Gasteiger partial charge >= 0.3 is 12.1 Å². The van der Waals surface area contributed by atoms with E-state index in [9.17, 15) is 82.1 Å². The molecule has 0 aromatic heterocycles. The van der Waals surface area contributed by atoms with Crippen molar-refractivity contribution >= 4 is 88.6 Å². The summed E-state index contributed by atoms with van der Waals surface area (Å²) >= 11 is 0. The number of primary amides is 1. The summed E-state index contributed by atoms with van der Waals surface area (Å²) in [7, 11) is 0. The predicted octanol–water partition coefficient (Wildman–Crippen LogP) is -7.12. The van der Waals surface area contributed by atoms with Crippen LogP contribution in [-0.2, 0) is 78.3 Å². The van der Waals surface area contributed by atoms with Crippen molar-refractivity contribution < 1.29 is 86.9 Å². The number of Topliss-reactive ketones (excluding diaryl/α,β-unsaturated/α-hetero) is 5. The first kappa shape index (κ1) is 73.7. The Kier molecular flexibility index (Phi) is 30.7. The molecule has 466 valence electrons. The fourth-order valence-corrected chi connectivity index (χ4v) is 7.28. The lowest BCUT2D eigenvalue weighted by molar-refractivity contribution is -0.144. The summed E-state index contributed by atoms with van der Waals surface area (Å²) in [6.45, 7) is 12.5. The number of amides is 8. The van der Waals surface area contributed by atoms with Crippen molar-refractivity contribution in [3.8, 4) is 0 Å². The summed E-state index contributed by atoms with van der Waals surface area (Å²) in [4.78, 5) is 204. The van der Waals surface area contributed by atoms with Gasteiger partial charge in [-0.15, -0.1) is 6.58 Å². The summed E-state index contributed by atoms with van der Waals surface area (Å²) in [5.41, 5.74) is 35.0. The number of hydrogen-bond donors (Lipinski definition) is 16. The van der Waals surface area contributed by atoms with E-state index in [1.54, 1.807) is 25.1 Å². The van der Waals surface area contributed by atoms with Gasteiger partial charge in [-0.25, -0.2) is 4.79 Å². The molecule has 13 atom stereocenters. The summed E-state index contributed by atoms with van der Waals surface area (Å²) in [5.74, 6) is -21.0. The van der Waals surface area contributed by atoms with Crippen LogP contribution in [0, 0.1) is 11.8 Å². The first-order chi connectivity index (χ1) is 39.1. The number of ether oxygens (including phenoxy) is 1. The Morgan fingerprint density at radius 3 is 1.49 bits per heavy atom. The van der Waals surface area contributed by atoms with E-state index in [0.717, 1.165) is 0 Å². The number of aliphatic hydroxyl groups is 1. The van der Waals surface area contributed by atoms with Crippen LogP contribution in [0.1, 0.15) is 79.7 Å². The monoisotopic (exact) mass is 1190 g/mol. The van der Waals surface area contributed by atoms with E-state index < -0.39 is 205 Å². The Hall–Kier alpha value is -8.27. The molecule has 8 amide bonds. The van der Waals surface area contributed by atoms with Crippen molar-refractivity contribution in [3.63, 3.8) is 0 Å². The van der Waals surface area contributed by atoms with Crippen LogP contribution in [0.4, 0.5) is 4.79 Å². The first-order valence-corrected chi connectivity index (χ1v) is 26.3. The molecular formula is C52H80N14O18. The number of ketones is 5. The van der Waals surface area contributed by atoms with E-state index in [4.69, 9.17) is 39.1 Å². The summed E-state index contributed by atoms with van der Waals surface area (Å²) < 4.78 is 5.15. The molecule has 32 nitrogen and oxygen atoms in total. The molecule has 0 spiro atoms. The molecule has 0 saturated carbocycles. The minimum Gasteiger partial charge on any atom is -0.481 e.